The van der Waals surface area contributed by atoms with E-state index in [0.717, 1.165) is 44.9 Å². The molecule has 5 rings (SSSR count). The smallest absolute Gasteiger partial charge is 0.306 e. The van der Waals surface area contributed by atoms with Crippen LogP contribution in [0.15, 0.2) is 0 Å². The Morgan fingerprint density at radius 1 is 0.841 bits per heavy atom. The lowest BCUT2D eigenvalue weighted by Gasteiger charge is -2.73. The Hall–Kier alpha value is -0.950. The highest BCUT2D eigenvalue weighted by atomic mass is 32.2. The first-order valence-electron chi connectivity index (χ1n) is 18.1. The van der Waals surface area contributed by atoms with Gasteiger partial charge in [-0.2, -0.15) is 8.42 Å². The third kappa shape index (κ3) is 5.24. The Kier molecular flexibility index (Phi) is 9.09. The predicted molar refractivity (Wildman–Crippen MR) is 174 cm³/mol. The molecule has 0 aromatic heterocycles. The molecule has 0 bridgehead atoms. The molecule has 0 saturated heterocycles. The molecule has 5 saturated carbocycles. The summed E-state index contributed by atoms with van der Waals surface area (Å²) in [5, 5.41) is 0. The van der Waals surface area contributed by atoms with Gasteiger partial charge < -0.3 is 4.74 Å². The first-order chi connectivity index (χ1) is 20.4. The maximum atomic E-state index is 14.1. The summed E-state index contributed by atoms with van der Waals surface area (Å²) in [6, 6.07) is 0. The minimum Gasteiger partial charge on any atom is -0.462 e. The number of Topliss-reactive ketones (excluding diaryl/α,β-unsaturated/α-hetero) is 1. The maximum Gasteiger partial charge on any atom is 0.306 e. The van der Waals surface area contributed by atoms with Crippen LogP contribution in [0.5, 0.6) is 0 Å². The lowest BCUT2D eigenvalue weighted by Crippen LogP contribution is -2.67. The first-order valence-corrected chi connectivity index (χ1v) is 19.7. The zero-order valence-corrected chi connectivity index (χ0v) is 29.9. The van der Waals surface area contributed by atoms with Gasteiger partial charge in [-0.15, -0.1) is 0 Å². The van der Waals surface area contributed by atoms with E-state index in [1.807, 2.05) is 6.92 Å². The molecule has 0 aromatic carbocycles. The van der Waals surface area contributed by atoms with Gasteiger partial charge >= 0.3 is 5.97 Å². The second-order valence-electron chi connectivity index (χ2n) is 17.7. The zero-order valence-electron chi connectivity index (χ0n) is 29.0. The van der Waals surface area contributed by atoms with Crippen molar-refractivity contribution in [3.63, 3.8) is 0 Å². The molecule has 7 heteroatoms. The first kappa shape index (κ1) is 34.4. The lowest BCUT2D eigenvalue weighted by molar-refractivity contribution is -0.250. The fourth-order valence-electron chi connectivity index (χ4n) is 13.1. The van der Waals surface area contributed by atoms with E-state index in [-0.39, 0.29) is 63.5 Å². The van der Waals surface area contributed by atoms with E-state index in [0.29, 0.717) is 41.9 Å². The Morgan fingerprint density at radius 2 is 1.55 bits per heavy atom. The maximum absolute atomic E-state index is 14.1. The largest absolute Gasteiger partial charge is 0.462 e. The molecular weight excluding hydrogens is 572 g/mol. The van der Waals surface area contributed by atoms with Gasteiger partial charge in [-0.1, -0.05) is 55.4 Å². The summed E-state index contributed by atoms with van der Waals surface area (Å²) in [6.45, 7) is 19.2. The molecule has 0 aliphatic heterocycles. The van der Waals surface area contributed by atoms with Gasteiger partial charge in [0.15, 0.2) is 0 Å². The van der Waals surface area contributed by atoms with Gasteiger partial charge in [-0.25, -0.2) is 0 Å². The number of hydrogen-bond donors (Lipinski definition) is 1. The topological polar surface area (TPSA) is 97.7 Å². The van der Waals surface area contributed by atoms with Crippen LogP contribution in [-0.2, 0) is 24.4 Å². The molecule has 0 heterocycles. The number of esters is 1. The molecule has 5 aliphatic rings. The molecule has 10 atom stereocenters. The molecule has 0 amide bonds. The van der Waals surface area contributed by atoms with E-state index in [9.17, 15) is 22.6 Å². The van der Waals surface area contributed by atoms with Crippen molar-refractivity contribution in [2.45, 2.75) is 151 Å². The number of hydrogen-bond acceptors (Lipinski definition) is 5. The van der Waals surface area contributed by atoms with Crippen LogP contribution in [0.4, 0.5) is 0 Å². The summed E-state index contributed by atoms with van der Waals surface area (Å²) in [7, 11) is -4.06. The van der Waals surface area contributed by atoms with Crippen LogP contribution in [0.3, 0.4) is 0 Å². The second kappa shape index (κ2) is 11.6. The van der Waals surface area contributed by atoms with Gasteiger partial charge in [0, 0.05) is 23.7 Å². The average Bonchev–Trinajstić information content (AvgIpc) is 3.31. The molecule has 252 valence electrons. The third-order valence-corrected chi connectivity index (χ3v) is 16.2. The van der Waals surface area contributed by atoms with E-state index < -0.39 is 10.1 Å². The number of carbonyl (C=O) groups excluding carboxylic acids is 2. The number of fused-ring (bicyclic) bond motifs is 7. The van der Waals surface area contributed by atoms with E-state index >= 15 is 0 Å². The van der Waals surface area contributed by atoms with Crippen molar-refractivity contribution in [1.82, 2.24) is 0 Å². The minimum atomic E-state index is -4.06. The van der Waals surface area contributed by atoms with E-state index in [2.05, 4.69) is 48.5 Å². The Morgan fingerprint density at radius 3 is 2.18 bits per heavy atom. The zero-order chi connectivity index (χ0) is 32.5. The normalized spacial score (nSPS) is 44.7. The molecular formula is C37H62O6S. The fraction of sp³-hybridized carbons (Fsp3) is 0.946. The summed E-state index contributed by atoms with van der Waals surface area (Å²) in [6.07, 6.45) is 12.6. The molecule has 1 N–H and O–H groups in total. The SMILES string of the molecule is CCCC(=O)O[C@@H]1CC[C@@]2(C)C(CC[C@]3(C)C2CCC2C4C(C(C)C)CC[C@]4(C(=O)CCCS(=O)(=O)O)CC[C@]23C)C1(C)C. The Balaban J connectivity index is 1.44. The number of carbonyl (C=O) groups is 2. The molecule has 0 spiro atoms. The highest BCUT2D eigenvalue weighted by molar-refractivity contribution is 7.85. The second-order valence-corrected chi connectivity index (χ2v) is 19.3. The molecule has 5 fully saturated rings. The van der Waals surface area contributed by atoms with Crippen molar-refractivity contribution in [1.29, 1.82) is 0 Å². The minimum absolute atomic E-state index is 0.0108. The van der Waals surface area contributed by atoms with Crippen LogP contribution in [0.25, 0.3) is 0 Å². The summed E-state index contributed by atoms with van der Waals surface area (Å²) in [5.41, 5.74) is 0.141. The quantitative estimate of drug-likeness (QED) is 0.201. The van der Waals surface area contributed by atoms with E-state index in [1.54, 1.807) is 0 Å². The number of rotatable bonds is 9. The van der Waals surface area contributed by atoms with E-state index in [1.165, 1.54) is 25.7 Å². The van der Waals surface area contributed by atoms with Crippen LogP contribution in [0.1, 0.15) is 145 Å². The summed E-state index contributed by atoms with van der Waals surface area (Å²) < 4.78 is 38.3. The van der Waals surface area contributed by atoms with Gasteiger partial charge in [-0.3, -0.25) is 14.1 Å². The van der Waals surface area contributed by atoms with Crippen LogP contribution >= 0.6 is 0 Å². The number of ether oxygens (including phenoxy) is 1. The van der Waals surface area contributed by atoms with Crippen molar-refractivity contribution >= 4 is 21.9 Å². The van der Waals surface area contributed by atoms with Gasteiger partial charge in [0.25, 0.3) is 10.1 Å². The molecule has 0 aromatic rings. The molecule has 0 radical (unpaired) electrons. The Bertz CT molecular complexity index is 1220. The van der Waals surface area contributed by atoms with Crippen molar-refractivity contribution < 1.29 is 27.3 Å². The molecule has 5 aliphatic carbocycles. The molecule has 44 heavy (non-hydrogen) atoms. The average molecular weight is 635 g/mol. The number of ketones is 1. The third-order valence-electron chi connectivity index (χ3n) is 15.4. The van der Waals surface area contributed by atoms with Crippen molar-refractivity contribution in [2.75, 3.05) is 5.75 Å². The summed E-state index contributed by atoms with van der Waals surface area (Å²) in [5.74, 6) is 2.90. The van der Waals surface area contributed by atoms with Crippen molar-refractivity contribution in [2.24, 2.45) is 62.6 Å². The van der Waals surface area contributed by atoms with E-state index in [4.69, 9.17) is 4.74 Å². The van der Waals surface area contributed by atoms with Gasteiger partial charge in [0.05, 0.1) is 5.75 Å². The fourth-order valence-corrected chi connectivity index (χ4v) is 13.7. The highest BCUT2D eigenvalue weighted by Crippen LogP contribution is 2.77. The Labute approximate surface area is 268 Å². The van der Waals surface area contributed by atoms with Crippen LogP contribution in [-0.4, -0.2) is 36.6 Å². The highest BCUT2D eigenvalue weighted by Gasteiger charge is 2.71. The standard InChI is InChI=1S/C37H62O6S/c1-9-11-31(39)43-30-17-18-34(6)27(33(30,4)5)16-19-36(8)28(34)14-13-26-32-25(24(2)3)15-20-37(32,22-21-35(26,36)7)29(38)12-10-23-44(40,41)42/h24-28,30,32H,9-23H2,1-8H3,(H,40,41,42)/t25?,26?,27?,28?,30-,32?,34+,35-,36-,37-/m1/s1. The summed E-state index contributed by atoms with van der Waals surface area (Å²) in [4.78, 5) is 26.7. The lowest BCUT2D eigenvalue weighted by atomic mass is 9.32. The predicted octanol–water partition coefficient (Wildman–Crippen LogP) is 8.67. The molecule has 6 nitrogen and oxygen atoms in total. The van der Waals surface area contributed by atoms with Gasteiger partial charge in [-0.05, 0) is 129 Å². The van der Waals surface area contributed by atoms with Gasteiger partial charge in [0.2, 0.25) is 0 Å². The monoisotopic (exact) mass is 634 g/mol. The van der Waals surface area contributed by atoms with Gasteiger partial charge in [0.1, 0.15) is 11.9 Å². The molecule has 5 unspecified atom stereocenters. The van der Waals surface area contributed by atoms with Crippen LogP contribution < -0.4 is 0 Å². The van der Waals surface area contributed by atoms with Crippen LogP contribution in [0, 0.1) is 62.6 Å². The van der Waals surface area contributed by atoms with Crippen molar-refractivity contribution in [3.05, 3.63) is 0 Å². The summed E-state index contributed by atoms with van der Waals surface area (Å²) >= 11 is 0. The van der Waals surface area contributed by atoms with Crippen molar-refractivity contribution in [3.8, 4) is 0 Å². The van der Waals surface area contributed by atoms with Crippen LogP contribution in [0.2, 0.25) is 0 Å².